The maximum atomic E-state index is 12.8. The molecular formula is C21H35N3O2. The van der Waals surface area contributed by atoms with Gasteiger partial charge in [0.1, 0.15) is 0 Å². The van der Waals surface area contributed by atoms with E-state index in [1.165, 1.54) is 18.4 Å². The van der Waals surface area contributed by atoms with Gasteiger partial charge >= 0.3 is 6.03 Å². The first-order chi connectivity index (χ1) is 12.6. The summed E-state index contributed by atoms with van der Waals surface area (Å²) in [7, 11) is 5.80. The minimum absolute atomic E-state index is 0.0306. The van der Waals surface area contributed by atoms with Crippen LogP contribution in [0.1, 0.15) is 37.7 Å². The van der Waals surface area contributed by atoms with Crippen LogP contribution >= 0.6 is 0 Å². The molecule has 1 N–H and O–H groups in total. The molecule has 0 aliphatic heterocycles. The molecule has 1 aliphatic rings. The minimum atomic E-state index is 0.0306. The Morgan fingerprint density at radius 3 is 2.42 bits per heavy atom. The maximum absolute atomic E-state index is 12.8. The molecule has 1 saturated carbocycles. The lowest BCUT2D eigenvalue weighted by molar-refractivity contribution is 0.146. The molecule has 1 fully saturated rings. The van der Waals surface area contributed by atoms with Gasteiger partial charge in [-0.05, 0) is 45.5 Å². The summed E-state index contributed by atoms with van der Waals surface area (Å²) in [6.07, 6.45) is 5.74. The summed E-state index contributed by atoms with van der Waals surface area (Å²) >= 11 is 0. The van der Waals surface area contributed by atoms with Gasteiger partial charge in [-0.25, -0.2) is 4.79 Å². The van der Waals surface area contributed by atoms with Gasteiger partial charge in [0.2, 0.25) is 0 Å². The van der Waals surface area contributed by atoms with E-state index in [0.29, 0.717) is 19.7 Å². The van der Waals surface area contributed by atoms with Crippen LogP contribution in [0.3, 0.4) is 0 Å². The number of hydrogen-bond donors (Lipinski definition) is 1. The summed E-state index contributed by atoms with van der Waals surface area (Å²) < 4.78 is 5.18. The number of amides is 2. The Labute approximate surface area is 158 Å². The topological polar surface area (TPSA) is 44.8 Å². The zero-order chi connectivity index (χ0) is 18.8. The van der Waals surface area contributed by atoms with Gasteiger partial charge < -0.3 is 19.9 Å². The van der Waals surface area contributed by atoms with E-state index < -0.39 is 0 Å². The second-order valence-corrected chi connectivity index (χ2v) is 7.65. The molecule has 0 bridgehead atoms. The van der Waals surface area contributed by atoms with Crippen molar-refractivity contribution < 1.29 is 9.53 Å². The standard InChI is InChI=1S/C21H35N3O2/c1-23(2)14-9-15-24(16-17-26-3)20(25)22-18-21(12-7-8-13-21)19-10-5-4-6-11-19/h4-6,10-11H,7-9,12-18H2,1-3H3,(H,22,25). The Hall–Kier alpha value is -1.59. The number of urea groups is 1. The number of nitrogens with zero attached hydrogens (tertiary/aromatic N) is 2. The van der Waals surface area contributed by atoms with Gasteiger partial charge in [0.25, 0.3) is 0 Å². The highest BCUT2D eigenvalue weighted by atomic mass is 16.5. The average molecular weight is 362 g/mol. The Balaban J connectivity index is 1.95. The van der Waals surface area contributed by atoms with Crippen molar-refractivity contribution in [1.29, 1.82) is 0 Å². The summed E-state index contributed by atoms with van der Waals surface area (Å²) in [5, 5.41) is 3.23. The normalized spacial score (nSPS) is 16.0. The highest BCUT2D eigenvalue weighted by Gasteiger charge is 2.36. The van der Waals surface area contributed by atoms with E-state index in [9.17, 15) is 4.79 Å². The summed E-state index contributed by atoms with van der Waals surface area (Å²) in [4.78, 5) is 16.8. The molecule has 1 aromatic rings. The first-order valence-electron chi connectivity index (χ1n) is 9.79. The van der Waals surface area contributed by atoms with Crippen molar-refractivity contribution in [2.75, 3.05) is 54.0 Å². The van der Waals surface area contributed by atoms with Crippen LogP contribution < -0.4 is 5.32 Å². The highest BCUT2D eigenvalue weighted by molar-refractivity contribution is 5.74. The number of ether oxygens (including phenoxy) is 1. The molecule has 0 unspecified atom stereocenters. The first kappa shape index (κ1) is 20.7. The molecule has 146 valence electrons. The van der Waals surface area contributed by atoms with Gasteiger partial charge in [-0.3, -0.25) is 0 Å². The van der Waals surface area contributed by atoms with Gasteiger partial charge in [0, 0.05) is 32.2 Å². The summed E-state index contributed by atoms with van der Waals surface area (Å²) in [5.74, 6) is 0. The van der Waals surface area contributed by atoms with Crippen LogP contribution in [0.5, 0.6) is 0 Å². The van der Waals surface area contributed by atoms with Crippen molar-refractivity contribution >= 4 is 6.03 Å². The Bertz CT molecular complexity index is 527. The predicted molar refractivity (Wildman–Crippen MR) is 107 cm³/mol. The van der Waals surface area contributed by atoms with Gasteiger partial charge in [0.05, 0.1) is 6.61 Å². The van der Waals surface area contributed by atoms with Crippen LogP contribution in [-0.4, -0.2) is 69.8 Å². The van der Waals surface area contributed by atoms with E-state index in [-0.39, 0.29) is 11.4 Å². The van der Waals surface area contributed by atoms with E-state index in [0.717, 1.165) is 32.4 Å². The van der Waals surface area contributed by atoms with Crippen molar-refractivity contribution in [3.05, 3.63) is 35.9 Å². The fraction of sp³-hybridized carbons (Fsp3) is 0.667. The molecule has 0 radical (unpaired) electrons. The minimum Gasteiger partial charge on any atom is -0.383 e. The molecule has 5 heteroatoms. The third-order valence-electron chi connectivity index (χ3n) is 5.41. The zero-order valence-electron chi connectivity index (χ0n) is 16.7. The second-order valence-electron chi connectivity index (χ2n) is 7.65. The van der Waals surface area contributed by atoms with Crippen LogP contribution in [0.15, 0.2) is 30.3 Å². The average Bonchev–Trinajstić information content (AvgIpc) is 3.13. The van der Waals surface area contributed by atoms with Crippen LogP contribution in [0.25, 0.3) is 0 Å². The highest BCUT2D eigenvalue weighted by Crippen LogP contribution is 2.40. The third-order valence-corrected chi connectivity index (χ3v) is 5.41. The lowest BCUT2D eigenvalue weighted by Crippen LogP contribution is -2.47. The number of nitrogens with one attached hydrogen (secondary N) is 1. The molecule has 0 spiro atoms. The second kappa shape index (κ2) is 10.5. The van der Waals surface area contributed by atoms with Crippen molar-refractivity contribution in [2.24, 2.45) is 0 Å². The predicted octanol–water partition coefficient (Wildman–Crippen LogP) is 3.11. The Morgan fingerprint density at radius 1 is 1.12 bits per heavy atom. The van der Waals surface area contributed by atoms with E-state index in [1.807, 2.05) is 4.90 Å². The van der Waals surface area contributed by atoms with Gasteiger partial charge in [-0.15, -0.1) is 0 Å². The fourth-order valence-electron chi connectivity index (χ4n) is 3.86. The number of carbonyl (C=O) groups excluding carboxylic acids is 1. The lowest BCUT2D eigenvalue weighted by atomic mass is 9.79. The number of methoxy groups -OCH3 is 1. The molecule has 5 nitrogen and oxygen atoms in total. The molecule has 0 aromatic heterocycles. The van der Waals surface area contributed by atoms with E-state index >= 15 is 0 Å². The quantitative estimate of drug-likeness (QED) is 0.696. The van der Waals surface area contributed by atoms with E-state index in [4.69, 9.17) is 4.74 Å². The third kappa shape index (κ3) is 5.99. The molecule has 1 aliphatic carbocycles. The molecule has 2 amide bonds. The van der Waals surface area contributed by atoms with Crippen molar-refractivity contribution in [2.45, 2.75) is 37.5 Å². The summed E-state index contributed by atoms with van der Waals surface area (Å²) in [6, 6.07) is 10.7. The zero-order valence-corrected chi connectivity index (χ0v) is 16.7. The first-order valence-corrected chi connectivity index (χ1v) is 9.79. The van der Waals surface area contributed by atoms with Crippen LogP contribution in [0.4, 0.5) is 4.79 Å². The van der Waals surface area contributed by atoms with Crippen molar-refractivity contribution in [1.82, 2.24) is 15.1 Å². The number of benzene rings is 1. The molecule has 0 heterocycles. The molecule has 26 heavy (non-hydrogen) atoms. The smallest absolute Gasteiger partial charge is 0.317 e. The SMILES string of the molecule is COCCN(CCCN(C)C)C(=O)NCC1(c2ccccc2)CCCC1. The van der Waals surface area contributed by atoms with Gasteiger partial charge in [0.15, 0.2) is 0 Å². The van der Waals surface area contributed by atoms with E-state index in [1.54, 1.807) is 7.11 Å². The molecule has 2 rings (SSSR count). The van der Waals surface area contributed by atoms with Crippen LogP contribution in [-0.2, 0) is 10.2 Å². The Kier molecular flexibility index (Phi) is 8.39. The molecule has 0 atom stereocenters. The summed E-state index contributed by atoms with van der Waals surface area (Å²) in [5.41, 5.74) is 1.45. The van der Waals surface area contributed by atoms with Crippen LogP contribution in [0, 0.1) is 0 Å². The lowest BCUT2D eigenvalue weighted by Gasteiger charge is -2.32. The Morgan fingerprint density at radius 2 is 1.81 bits per heavy atom. The molecule has 1 aromatic carbocycles. The van der Waals surface area contributed by atoms with Gasteiger partial charge in [-0.1, -0.05) is 43.2 Å². The summed E-state index contributed by atoms with van der Waals surface area (Å²) in [6.45, 7) is 3.65. The molecular weight excluding hydrogens is 326 g/mol. The van der Waals surface area contributed by atoms with E-state index in [2.05, 4.69) is 54.6 Å². The maximum Gasteiger partial charge on any atom is 0.317 e. The number of rotatable bonds is 10. The fourth-order valence-corrected chi connectivity index (χ4v) is 3.86. The number of hydrogen-bond acceptors (Lipinski definition) is 3. The van der Waals surface area contributed by atoms with Crippen molar-refractivity contribution in [3.8, 4) is 0 Å². The largest absolute Gasteiger partial charge is 0.383 e. The molecule has 0 saturated heterocycles. The van der Waals surface area contributed by atoms with Crippen LogP contribution in [0.2, 0.25) is 0 Å². The van der Waals surface area contributed by atoms with Gasteiger partial charge in [-0.2, -0.15) is 0 Å². The number of carbonyl (C=O) groups is 1. The monoisotopic (exact) mass is 361 g/mol. The van der Waals surface area contributed by atoms with Crippen molar-refractivity contribution in [3.63, 3.8) is 0 Å².